The van der Waals surface area contributed by atoms with Gasteiger partial charge in [0.15, 0.2) is 11.6 Å². The van der Waals surface area contributed by atoms with E-state index in [4.69, 9.17) is 10.8 Å². The van der Waals surface area contributed by atoms with E-state index in [1.165, 1.54) is 19.1 Å². The van der Waals surface area contributed by atoms with Crippen LogP contribution in [0.1, 0.15) is 32.8 Å². The van der Waals surface area contributed by atoms with Gasteiger partial charge in [0.05, 0.1) is 23.0 Å². The van der Waals surface area contributed by atoms with Crippen LogP contribution in [0.2, 0.25) is 0 Å². The zero-order chi connectivity index (χ0) is 25.4. The fraction of sp³-hybridized carbons (Fsp3) is 0.348. The van der Waals surface area contributed by atoms with Crippen LogP contribution in [0.25, 0.3) is 10.9 Å². The van der Waals surface area contributed by atoms with Crippen LogP contribution >= 0.6 is 0 Å². The molecule has 2 aromatic carbocycles. The SMILES string of the molecule is CC(=N)n1c(=N)nc(N(CC(F)F)c2cc(F)cc(CCC(C)(C)O)c2)c2c(F)c(F)ccc21. The van der Waals surface area contributed by atoms with E-state index in [0.29, 0.717) is 5.56 Å². The lowest BCUT2D eigenvalue weighted by Gasteiger charge is -2.27. The minimum Gasteiger partial charge on any atom is -0.390 e. The smallest absolute Gasteiger partial charge is 0.256 e. The van der Waals surface area contributed by atoms with E-state index < -0.39 is 52.8 Å². The Labute approximate surface area is 192 Å². The summed E-state index contributed by atoms with van der Waals surface area (Å²) in [5.74, 6) is -4.16. The maximum atomic E-state index is 15.0. The van der Waals surface area contributed by atoms with Crippen molar-refractivity contribution in [2.24, 2.45) is 0 Å². The third-order valence-corrected chi connectivity index (χ3v) is 5.15. The van der Waals surface area contributed by atoms with Gasteiger partial charge in [0, 0.05) is 5.69 Å². The van der Waals surface area contributed by atoms with Crippen LogP contribution in [0.15, 0.2) is 30.3 Å². The Morgan fingerprint density at radius 1 is 1.18 bits per heavy atom. The Morgan fingerprint density at radius 2 is 1.85 bits per heavy atom. The molecule has 0 bridgehead atoms. The fourth-order valence-electron chi connectivity index (χ4n) is 3.63. The number of rotatable bonds is 7. The summed E-state index contributed by atoms with van der Waals surface area (Å²) in [6.45, 7) is 3.41. The number of nitrogens with one attached hydrogen (secondary N) is 2. The summed E-state index contributed by atoms with van der Waals surface area (Å²) in [6, 6.07) is 5.46. The minimum absolute atomic E-state index is 0.104. The van der Waals surface area contributed by atoms with Gasteiger partial charge in [0.25, 0.3) is 6.43 Å². The molecule has 0 amide bonds. The summed E-state index contributed by atoms with van der Waals surface area (Å²) in [7, 11) is 0. The number of aromatic nitrogens is 2. The molecule has 0 aliphatic heterocycles. The van der Waals surface area contributed by atoms with E-state index in [2.05, 4.69) is 4.98 Å². The highest BCUT2D eigenvalue weighted by molar-refractivity contribution is 5.97. The topological polar surface area (TPSA) is 89.0 Å². The van der Waals surface area contributed by atoms with Crippen molar-refractivity contribution in [2.75, 3.05) is 11.4 Å². The molecule has 0 fully saturated rings. The molecule has 0 atom stereocenters. The average Bonchev–Trinajstić information content (AvgIpc) is 2.71. The van der Waals surface area contributed by atoms with Crippen LogP contribution in [0.3, 0.4) is 0 Å². The number of hydrogen-bond donors (Lipinski definition) is 3. The summed E-state index contributed by atoms with van der Waals surface area (Å²) in [5.41, 5.74) is -1.46. The molecule has 1 aromatic heterocycles. The second-order valence-electron chi connectivity index (χ2n) is 8.57. The molecule has 0 aliphatic carbocycles. The van der Waals surface area contributed by atoms with Gasteiger partial charge in [-0.15, -0.1) is 0 Å². The first kappa shape index (κ1) is 25.3. The van der Waals surface area contributed by atoms with Gasteiger partial charge >= 0.3 is 0 Å². The summed E-state index contributed by atoms with van der Waals surface area (Å²) in [4.78, 5) is 4.74. The second-order valence-corrected chi connectivity index (χ2v) is 8.57. The molecule has 0 spiro atoms. The van der Waals surface area contributed by atoms with Gasteiger partial charge in [-0.1, -0.05) is 0 Å². The Hall–Kier alpha value is -3.34. The van der Waals surface area contributed by atoms with Gasteiger partial charge in [0.2, 0.25) is 5.62 Å². The van der Waals surface area contributed by atoms with Gasteiger partial charge in [-0.25, -0.2) is 22.0 Å². The Morgan fingerprint density at radius 3 is 2.44 bits per heavy atom. The van der Waals surface area contributed by atoms with Crippen LogP contribution in [0, 0.1) is 28.3 Å². The standard InChI is InChI=1S/C23H24F5N5O/c1-12(29)33-17-5-4-16(25)20(28)19(17)21(31-22(33)30)32(11-18(26)27)15-9-13(8-14(24)10-15)6-7-23(2,3)34/h4-5,8-10,18,29-30,34H,6-7,11H2,1-3H3. The molecule has 11 heteroatoms. The van der Waals surface area contributed by atoms with E-state index in [-0.39, 0.29) is 29.9 Å². The number of nitrogens with zero attached hydrogens (tertiary/aromatic N) is 3. The van der Waals surface area contributed by atoms with Crippen LogP contribution < -0.4 is 10.5 Å². The molecule has 1 heterocycles. The molecule has 0 unspecified atom stereocenters. The van der Waals surface area contributed by atoms with Gasteiger partial charge in [-0.05, 0) is 69.5 Å². The van der Waals surface area contributed by atoms with Crippen LogP contribution in [-0.2, 0) is 6.42 Å². The molecule has 6 nitrogen and oxygen atoms in total. The van der Waals surface area contributed by atoms with E-state index in [1.54, 1.807) is 13.8 Å². The van der Waals surface area contributed by atoms with Crippen molar-refractivity contribution in [1.29, 1.82) is 10.8 Å². The fourth-order valence-corrected chi connectivity index (χ4v) is 3.63. The average molecular weight is 481 g/mol. The maximum absolute atomic E-state index is 15.0. The van der Waals surface area contributed by atoms with Crippen LogP contribution in [0.4, 0.5) is 33.5 Å². The number of fused-ring (bicyclic) bond motifs is 1. The van der Waals surface area contributed by atoms with Crippen LogP contribution in [0.5, 0.6) is 0 Å². The van der Waals surface area contributed by atoms with Gasteiger partial charge in [0.1, 0.15) is 17.5 Å². The minimum atomic E-state index is -2.97. The molecular weight excluding hydrogens is 457 g/mol. The number of aryl methyl sites for hydroxylation is 1. The maximum Gasteiger partial charge on any atom is 0.256 e. The van der Waals surface area contributed by atoms with Gasteiger partial charge in [-0.3, -0.25) is 15.4 Å². The van der Waals surface area contributed by atoms with Crippen molar-refractivity contribution in [2.45, 2.75) is 45.6 Å². The number of halogens is 5. The van der Waals surface area contributed by atoms with Crippen molar-refractivity contribution < 1.29 is 27.1 Å². The number of hydrogen-bond acceptors (Lipinski definition) is 5. The highest BCUT2D eigenvalue weighted by Gasteiger charge is 2.25. The monoisotopic (exact) mass is 481 g/mol. The number of aliphatic hydroxyl groups is 1. The molecule has 0 radical (unpaired) electrons. The lowest BCUT2D eigenvalue weighted by Crippen LogP contribution is -2.33. The first-order valence-corrected chi connectivity index (χ1v) is 10.4. The number of anilines is 2. The van der Waals surface area contributed by atoms with Crippen molar-refractivity contribution in [3.63, 3.8) is 0 Å². The van der Waals surface area contributed by atoms with E-state index >= 15 is 0 Å². The van der Waals surface area contributed by atoms with Crippen LogP contribution in [-0.4, -0.2) is 39.1 Å². The summed E-state index contributed by atoms with van der Waals surface area (Å²) >= 11 is 0. The van der Waals surface area contributed by atoms with E-state index in [1.807, 2.05) is 0 Å². The quantitative estimate of drug-likeness (QED) is 0.255. The summed E-state index contributed by atoms with van der Waals surface area (Å²) in [6.07, 6.45) is -2.49. The zero-order valence-electron chi connectivity index (χ0n) is 18.8. The van der Waals surface area contributed by atoms with Crippen molar-refractivity contribution in [3.05, 3.63) is 59.0 Å². The second kappa shape index (κ2) is 9.49. The predicted molar refractivity (Wildman–Crippen MR) is 118 cm³/mol. The number of benzene rings is 2. The van der Waals surface area contributed by atoms with E-state index in [9.17, 15) is 27.1 Å². The third kappa shape index (κ3) is 5.41. The number of alkyl halides is 2. The Balaban J connectivity index is 2.30. The highest BCUT2D eigenvalue weighted by Crippen LogP contribution is 2.34. The van der Waals surface area contributed by atoms with Crippen molar-refractivity contribution in [1.82, 2.24) is 9.55 Å². The Kier molecular flexibility index (Phi) is 7.06. The zero-order valence-corrected chi connectivity index (χ0v) is 18.8. The Bertz CT molecular complexity index is 1300. The lowest BCUT2D eigenvalue weighted by molar-refractivity contribution is 0.0714. The highest BCUT2D eigenvalue weighted by atomic mass is 19.3. The molecule has 0 saturated heterocycles. The first-order chi connectivity index (χ1) is 15.8. The lowest BCUT2D eigenvalue weighted by atomic mass is 9.98. The summed E-state index contributed by atoms with van der Waals surface area (Å²) < 4.78 is 71.7. The van der Waals surface area contributed by atoms with Gasteiger partial charge in [-0.2, -0.15) is 4.98 Å². The van der Waals surface area contributed by atoms with Gasteiger partial charge < -0.3 is 10.0 Å². The largest absolute Gasteiger partial charge is 0.390 e. The normalized spacial score (nSPS) is 11.9. The third-order valence-electron chi connectivity index (χ3n) is 5.15. The molecular formula is C23H24F5N5O. The first-order valence-electron chi connectivity index (χ1n) is 10.4. The molecule has 0 saturated carbocycles. The molecule has 3 aromatic rings. The van der Waals surface area contributed by atoms with Crippen molar-refractivity contribution in [3.8, 4) is 0 Å². The molecule has 3 N–H and O–H groups in total. The predicted octanol–water partition coefficient (Wildman–Crippen LogP) is 4.89. The molecule has 34 heavy (non-hydrogen) atoms. The van der Waals surface area contributed by atoms with E-state index in [0.717, 1.165) is 27.7 Å². The summed E-state index contributed by atoms with van der Waals surface area (Å²) in [5, 5.41) is 25.5. The molecule has 182 valence electrons. The van der Waals surface area contributed by atoms with Crippen molar-refractivity contribution >= 4 is 28.2 Å². The molecule has 3 rings (SSSR count). The molecule has 0 aliphatic rings.